The predicted molar refractivity (Wildman–Crippen MR) is 83.1 cm³/mol. The van der Waals surface area contributed by atoms with Gasteiger partial charge in [-0.1, -0.05) is 19.4 Å². The summed E-state index contributed by atoms with van der Waals surface area (Å²) in [6.45, 7) is 2.12. The predicted octanol–water partition coefficient (Wildman–Crippen LogP) is 3.30. The molecule has 2 aromatic rings. The van der Waals surface area contributed by atoms with Crippen molar-refractivity contribution in [2.75, 3.05) is 19.5 Å². The lowest BCUT2D eigenvalue weighted by atomic mass is 10.2. The van der Waals surface area contributed by atoms with Crippen molar-refractivity contribution in [3.8, 4) is 17.4 Å². The van der Waals surface area contributed by atoms with E-state index in [1.807, 2.05) is 19.2 Å². The molecule has 0 saturated carbocycles. The van der Waals surface area contributed by atoms with Gasteiger partial charge in [-0.3, -0.25) is 0 Å². The monoisotopic (exact) mass is 336 g/mol. The van der Waals surface area contributed by atoms with Crippen LogP contribution < -0.4 is 10.1 Å². The molecular weight excluding hydrogens is 320 g/mol. The zero-order valence-electron chi connectivity index (χ0n) is 11.8. The smallest absolute Gasteiger partial charge is 0.213 e. The Labute approximate surface area is 127 Å². The number of hydrogen-bond donors (Lipinski definition) is 1. The molecule has 0 atom stereocenters. The van der Waals surface area contributed by atoms with E-state index in [9.17, 15) is 0 Å². The summed E-state index contributed by atoms with van der Waals surface area (Å²) in [7, 11) is 3.43. The van der Waals surface area contributed by atoms with E-state index in [0.717, 1.165) is 28.8 Å². The van der Waals surface area contributed by atoms with Gasteiger partial charge in [-0.25, -0.2) is 15.0 Å². The van der Waals surface area contributed by atoms with Crippen molar-refractivity contribution in [3.05, 3.63) is 28.4 Å². The van der Waals surface area contributed by atoms with E-state index < -0.39 is 0 Å². The largest absolute Gasteiger partial charge is 0.481 e. The number of anilines is 1. The Kier molecular flexibility index (Phi) is 4.89. The fourth-order valence-corrected chi connectivity index (χ4v) is 2.40. The molecule has 5 nitrogen and oxygen atoms in total. The van der Waals surface area contributed by atoms with E-state index >= 15 is 0 Å². The molecule has 0 bridgehead atoms. The molecule has 2 aromatic heterocycles. The van der Waals surface area contributed by atoms with Crippen LogP contribution in [-0.4, -0.2) is 29.1 Å². The molecule has 0 aliphatic heterocycles. The zero-order chi connectivity index (χ0) is 14.5. The summed E-state index contributed by atoms with van der Waals surface area (Å²) in [6, 6.07) is 5.56. The van der Waals surface area contributed by atoms with Crippen LogP contribution in [0.1, 0.15) is 19.0 Å². The normalized spacial score (nSPS) is 10.4. The van der Waals surface area contributed by atoms with Gasteiger partial charge in [0.05, 0.1) is 17.3 Å². The number of nitrogens with zero attached hydrogens (tertiary/aromatic N) is 3. The first kappa shape index (κ1) is 14.7. The molecule has 0 spiro atoms. The third kappa shape index (κ3) is 3.07. The van der Waals surface area contributed by atoms with Crippen LogP contribution in [0.15, 0.2) is 22.7 Å². The van der Waals surface area contributed by atoms with Gasteiger partial charge in [-0.05, 0) is 28.4 Å². The highest BCUT2D eigenvalue weighted by atomic mass is 79.9. The number of halogens is 1. The van der Waals surface area contributed by atoms with Crippen LogP contribution in [0.25, 0.3) is 11.5 Å². The minimum atomic E-state index is 0.553. The number of hydrogen-bond acceptors (Lipinski definition) is 5. The maximum absolute atomic E-state index is 5.14. The molecule has 0 aliphatic rings. The van der Waals surface area contributed by atoms with E-state index in [0.29, 0.717) is 17.4 Å². The first-order valence-corrected chi connectivity index (χ1v) is 7.24. The molecule has 106 valence electrons. The molecule has 6 heteroatoms. The maximum atomic E-state index is 5.14. The van der Waals surface area contributed by atoms with Crippen LogP contribution >= 0.6 is 15.9 Å². The summed E-state index contributed by atoms with van der Waals surface area (Å²) in [6.07, 6.45) is 1.90. The molecule has 2 rings (SSSR count). The van der Waals surface area contributed by atoms with Gasteiger partial charge in [0, 0.05) is 13.1 Å². The van der Waals surface area contributed by atoms with Gasteiger partial charge in [0.1, 0.15) is 11.5 Å². The van der Waals surface area contributed by atoms with Crippen LogP contribution in [0.3, 0.4) is 0 Å². The van der Waals surface area contributed by atoms with Crippen LogP contribution in [0.5, 0.6) is 5.88 Å². The first-order chi connectivity index (χ1) is 9.69. The van der Waals surface area contributed by atoms with E-state index in [-0.39, 0.29) is 0 Å². The molecule has 0 unspecified atom stereocenters. The molecular formula is C14H17BrN4O. The zero-order valence-corrected chi connectivity index (χ0v) is 13.4. The average molecular weight is 337 g/mol. The van der Waals surface area contributed by atoms with E-state index in [1.54, 1.807) is 13.2 Å². The Bertz CT molecular complexity index is 604. The first-order valence-electron chi connectivity index (χ1n) is 6.45. The molecule has 0 saturated heterocycles. The summed E-state index contributed by atoms with van der Waals surface area (Å²) >= 11 is 3.54. The summed E-state index contributed by atoms with van der Waals surface area (Å²) in [4.78, 5) is 13.5. The van der Waals surface area contributed by atoms with Gasteiger partial charge in [0.25, 0.3) is 0 Å². The quantitative estimate of drug-likeness (QED) is 0.907. The average Bonchev–Trinajstić information content (AvgIpc) is 2.49. The van der Waals surface area contributed by atoms with Gasteiger partial charge in [0.2, 0.25) is 5.88 Å². The Hall–Kier alpha value is -1.69. The lowest BCUT2D eigenvalue weighted by molar-refractivity contribution is 0.398. The van der Waals surface area contributed by atoms with Crippen LogP contribution in [-0.2, 0) is 6.42 Å². The van der Waals surface area contributed by atoms with Gasteiger partial charge in [-0.15, -0.1) is 0 Å². The minimum absolute atomic E-state index is 0.553. The summed E-state index contributed by atoms with van der Waals surface area (Å²) in [5.41, 5.74) is 1.68. The fraction of sp³-hybridized carbons (Fsp3) is 0.357. The van der Waals surface area contributed by atoms with Gasteiger partial charge < -0.3 is 10.1 Å². The Morgan fingerprint density at radius 2 is 2.05 bits per heavy atom. The number of pyridine rings is 1. The topological polar surface area (TPSA) is 59.9 Å². The second-order valence-corrected chi connectivity index (χ2v) is 5.01. The Morgan fingerprint density at radius 3 is 2.70 bits per heavy atom. The highest BCUT2D eigenvalue weighted by Crippen LogP contribution is 2.27. The van der Waals surface area contributed by atoms with Crippen LogP contribution in [0.4, 0.5) is 5.82 Å². The number of nitrogens with one attached hydrogen (secondary N) is 1. The van der Waals surface area contributed by atoms with Crippen molar-refractivity contribution < 1.29 is 4.74 Å². The number of rotatable bonds is 5. The molecule has 2 heterocycles. The fourth-order valence-electron chi connectivity index (χ4n) is 1.83. The number of ether oxygens (including phenoxy) is 1. The Morgan fingerprint density at radius 1 is 1.25 bits per heavy atom. The highest BCUT2D eigenvalue weighted by molar-refractivity contribution is 9.10. The lowest BCUT2D eigenvalue weighted by Gasteiger charge is -2.10. The van der Waals surface area contributed by atoms with E-state index in [1.165, 1.54) is 0 Å². The minimum Gasteiger partial charge on any atom is -0.481 e. The van der Waals surface area contributed by atoms with Gasteiger partial charge >= 0.3 is 0 Å². The van der Waals surface area contributed by atoms with E-state index in [4.69, 9.17) is 4.74 Å². The summed E-state index contributed by atoms with van der Waals surface area (Å²) in [5.74, 6) is 1.92. The standard InChI is InChI=1S/C14H17BrN4O/c1-4-6-9-12(15)14(16-2)19-13(18-9)10-7-5-8-11(17-10)20-3/h5,7-8H,4,6H2,1-3H3,(H,16,18,19). The molecule has 0 radical (unpaired) electrons. The Balaban J connectivity index is 2.52. The van der Waals surface area contributed by atoms with Crippen LogP contribution in [0, 0.1) is 0 Å². The summed E-state index contributed by atoms with van der Waals surface area (Å²) in [5, 5.41) is 3.08. The van der Waals surface area contributed by atoms with Crippen molar-refractivity contribution in [2.24, 2.45) is 0 Å². The SMILES string of the molecule is CCCc1nc(-c2cccc(OC)n2)nc(NC)c1Br. The molecule has 20 heavy (non-hydrogen) atoms. The number of aryl methyl sites for hydroxylation is 1. The van der Waals surface area contributed by atoms with Crippen molar-refractivity contribution >= 4 is 21.7 Å². The van der Waals surface area contributed by atoms with Crippen molar-refractivity contribution in [1.29, 1.82) is 0 Å². The molecule has 0 fully saturated rings. The second-order valence-electron chi connectivity index (χ2n) is 4.22. The third-order valence-electron chi connectivity index (χ3n) is 2.81. The number of aromatic nitrogens is 3. The number of methoxy groups -OCH3 is 1. The molecule has 1 N–H and O–H groups in total. The maximum Gasteiger partial charge on any atom is 0.213 e. The third-order valence-corrected chi connectivity index (χ3v) is 3.64. The molecule has 0 amide bonds. The van der Waals surface area contributed by atoms with Crippen molar-refractivity contribution in [2.45, 2.75) is 19.8 Å². The second kappa shape index (κ2) is 6.65. The van der Waals surface area contributed by atoms with Crippen molar-refractivity contribution in [3.63, 3.8) is 0 Å². The lowest BCUT2D eigenvalue weighted by Crippen LogP contribution is -2.04. The molecule has 0 aliphatic carbocycles. The van der Waals surface area contributed by atoms with Gasteiger partial charge in [0.15, 0.2) is 5.82 Å². The van der Waals surface area contributed by atoms with Gasteiger partial charge in [-0.2, -0.15) is 0 Å². The molecule has 0 aromatic carbocycles. The summed E-state index contributed by atoms with van der Waals surface area (Å²) < 4.78 is 6.05. The van der Waals surface area contributed by atoms with E-state index in [2.05, 4.69) is 43.1 Å². The van der Waals surface area contributed by atoms with Crippen LogP contribution in [0.2, 0.25) is 0 Å². The highest BCUT2D eigenvalue weighted by Gasteiger charge is 2.13. The van der Waals surface area contributed by atoms with Crippen molar-refractivity contribution in [1.82, 2.24) is 15.0 Å².